The molecule has 0 amide bonds. The molecule has 3 N–H and O–H groups in total. The SMILES string of the molecule is Cc1nnnn1-c1cc(Nc2ncc(C#N)c(NC3CC(C)(C)NC(C)(C)C3)n2)ccc1F. The molecule has 172 valence electrons. The Hall–Kier alpha value is -3.65. The molecule has 33 heavy (non-hydrogen) atoms. The zero-order chi connectivity index (χ0) is 23.8. The van der Waals surface area contributed by atoms with Crippen molar-refractivity contribution in [3.8, 4) is 11.8 Å². The van der Waals surface area contributed by atoms with Crippen LogP contribution >= 0.6 is 0 Å². The number of nitrogens with zero attached hydrogens (tertiary/aromatic N) is 7. The molecule has 3 aromatic rings. The van der Waals surface area contributed by atoms with Crippen molar-refractivity contribution < 1.29 is 4.39 Å². The average Bonchev–Trinajstić information content (AvgIpc) is 3.13. The van der Waals surface area contributed by atoms with Crippen LogP contribution in [0, 0.1) is 24.1 Å². The Bertz CT molecular complexity index is 1190. The number of halogens is 1. The van der Waals surface area contributed by atoms with E-state index in [0.29, 0.717) is 22.9 Å². The van der Waals surface area contributed by atoms with Crippen LogP contribution < -0.4 is 16.0 Å². The van der Waals surface area contributed by atoms with E-state index in [-0.39, 0.29) is 28.8 Å². The predicted octanol–water partition coefficient (Wildman–Crippen LogP) is 3.24. The van der Waals surface area contributed by atoms with Crippen LogP contribution in [0.4, 0.5) is 21.8 Å². The van der Waals surface area contributed by atoms with Crippen LogP contribution in [-0.2, 0) is 0 Å². The summed E-state index contributed by atoms with van der Waals surface area (Å²) in [6.07, 6.45) is 3.23. The van der Waals surface area contributed by atoms with Crippen LogP contribution in [0.3, 0.4) is 0 Å². The fourth-order valence-corrected chi connectivity index (χ4v) is 4.59. The second-order valence-corrected chi connectivity index (χ2v) is 9.64. The summed E-state index contributed by atoms with van der Waals surface area (Å²) in [5.41, 5.74) is 1.01. The molecule has 0 atom stereocenters. The molecule has 1 aliphatic rings. The molecular weight excluding hydrogens is 423 g/mol. The smallest absolute Gasteiger partial charge is 0.229 e. The van der Waals surface area contributed by atoms with E-state index in [1.54, 1.807) is 19.1 Å². The first-order valence-electron chi connectivity index (χ1n) is 10.7. The Kier molecular flexibility index (Phi) is 5.71. The molecular formula is C22H27FN10. The minimum Gasteiger partial charge on any atom is -0.366 e. The van der Waals surface area contributed by atoms with E-state index in [1.807, 2.05) is 0 Å². The summed E-state index contributed by atoms with van der Waals surface area (Å²) < 4.78 is 15.7. The minimum atomic E-state index is -0.463. The number of nitriles is 1. The second-order valence-electron chi connectivity index (χ2n) is 9.64. The molecule has 0 unspecified atom stereocenters. The standard InChI is InChI=1S/C22H27FN10/c1-13-29-31-32-33(13)18-8-15(6-7-17(18)23)27-20-25-12-14(11-24)19(28-20)26-16-9-21(2,3)30-22(4,5)10-16/h6-8,12,16,30H,9-10H2,1-5H3,(H2,25,26,27,28). The number of nitrogens with one attached hydrogen (secondary N) is 3. The molecule has 10 nitrogen and oxygen atoms in total. The van der Waals surface area contributed by atoms with Crippen molar-refractivity contribution in [1.82, 2.24) is 35.5 Å². The zero-order valence-corrected chi connectivity index (χ0v) is 19.3. The van der Waals surface area contributed by atoms with E-state index in [9.17, 15) is 9.65 Å². The first-order valence-corrected chi connectivity index (χ1v) is 10.7. The van der Waals surface area contributed by atoms with Crippen LogP contribution in [0.5, 0.6) is 0 Å². The van der Waals surface area contributed by atoms with Crippen LogP contribution in [0.25, 0.3) is 5.69 Å². The largest absolute Gasteiger partial charge is 0.366 e. The molecule has 1 saturated heterocycles. The number of anilines is 3. The average molecular weight is 451 g/mol. The van der Waals surface area contributed by atoms with Gasteiger partial charge in [0.2, 0.25) is 5.95 Å². The van der Waals surface area contributed by atoms with Crippen molar-refractivity contribution in [3.63, 3.8) is 0 Å². The monoisotopic (exact) mass is 450 g/mol. The Morgan fingerprint density at radius 3 is 2.58 bits per heavy atom. The minimum absolute atomic E-state index is 0.0564. The summed E-state index contributed by atoms with van der Waals surface area (Å²) in [5.74, 6) is 0.747. The normalized spacial score (nSPS) is 17.4. The summed E-state index contributed by atoms with van der Waals surface area (Å²) >= 11 is 0. The van der Waals surface area contributed by atoms with Gasteiger partial charge >= 0.3 is 0 Å². The molecule has 0 saturated carbocycles. The quantitative estimate of drug-likeness (QED) is 0.536. The van der Waals surface area contributed by atoms with E-state index in [1.165, 1.54) is 16.9 Å². The van der Waals surface area contributed by atoms with Crippen molar-refractivity contribution in [1.29, 1.82) is 5.26 Å². The maximum absolute atomic E-state index is 14.4. The van der Waals surface area contributed by atoms with Gasteiger partial charge in [-0.1, -0.05) is 0 Å². The molecule has 0 radical (unpaired) electrons. The molecule has 0 aliphatic carbocycles. The zero-order valence-electron chi connectivity index (χ0n) is 19.3. The van der Waals surface area contributed by atoms with Crippen molar-refractivity contribution in [2.24, 2.45) is 0 Å². The number of hydrogen-bond acceptors (Lipinski definition) is 9. The van der Waals surface area contributed by atoms with Crippen LogP contribution in [0.2, 0.25) is 0 Å². The van der Waals surface area contributed by atoms with E-state index in [0.717, 1.165) is 12.8 Å². The number of aryl methyl sites for hydroxylation is 1. The van der Waals surface area contributed by atoms with Gasteiger partial charge in [0.1, 0.15) is 29.0 Å². The van der Waals surface area contributed by atoms with E-state index in [2.05, 4.69) is 75.2 Å². The molecule has 0 spiro atoms. The molecule has 1 aliphatic heterocycles. The highest BCUT2D eigenvalue weighted by molar-refractivity contribution is 5.61. The second kappa shape index (κ2) is 8.37. The topological polar surface area (TPSA) is 129 Å². The Morgan fingerprint density at radius 1 is 1.21 bits per heavy atom. The lowest BCUT2D eigenvalue weighted by atomic mass is 9.79. The van der Waals surface area contributed by atoms with E-state index in [4.69, 9.17) is 0 Å². The molecule has 2 aromatic heterocycles. The maximum Gasteiger partial charge on any atom is 0.229 e. The van der Waals surface area contributed by atoms with Gasteiger partial charge in [-0.2, -0.15) is 14.9 Å². The van der Waals surface area contributed by atoms with Gasteiger partial charge in [0, 0.05) is 22.8 Å². The van der Waals surface area contributed by atoms with Gasteiger partial charge in [0.05, 0.1) is 6.20 Å². The predicted molar refractivity (Wildman–Crippen MR) is 122 cm³/mol. The molecule has 3 heterocycles. The van der Waals surface area contributed by atoms with Gasteiger partial charge in [-0.05, 0) is 76.1 Å². The summed E-state index contributed by atoms with van der Waals surface area (Å²) in [5, 5.41) is 30.9. The van der Waals surface area contributed by atoms with Crippen molar-refractivity contribution in [3.05, 3.63) is 41.6 Å². The third-order valence-corrected chi connectivity index (χ3v) is 5.50. The van der Waals surface area contributed by atoms with Crippen molar-refractivity contribution in [2.75, 3.05) is 10.6 Å². The summed E-state index contributed by atoms with van der Waals surface area (Å²) in [6.45, 7) is 10.3. The number of piperidine rings is 1. The Morgan fingerprint density at radius 2 is 1.94 bits per heavy atom. The number of benzene rings is 1. The number of aromatic nitrogens is 6. The number of hydrogen-bond donors (Lipinski definition) is 3. The van der Waals surface area contributed by atoms with Gasteiger partial charge < -0.3 is 16.0 Å². The Balaban J connectivity index is 1.59. The highest BCUT2D eigenvalue weighted by Crippen LogP contribution is 2.31. The third kappa shape index (κ3) is 5.06. The van der Waals surface area contributed by atoms with Gasteiger partial charge in [0.25, 0.3) is 0 Å². The lowest BCUT2D eigenvalue weighted by Crippen LogP contribution is -2.60. The maximum atomic E-state index is 14.4. The van der Waals surface area contributed by atoms with Gasteiger partial charge in [-0.3, -0.25) is 0 Å². The van der Waals surface area contributed by atoms with Gasteiger partial charge in [-0.25, -0.2) is 9.37 Å². The summed E-state index contributed by atoms with van der Waals surface area (Å²) in [6, 6.07) is 6.75. The number of rotatable bonds is 5. The summed E-state index contributed by atoms with van der Waals surface area (Å²) in [4.78, 5) is 8.79. The first-order chi connectivity index (χ1) is 15.5. The number of tetrazole rings is 1. The molecule has 0 bridgehead atoms. The van der Waals surface area contributed by atoms with Crippen molar-refractivity contribution in [2.45, 2.75) is 64.6 Å². The highest BCUT2D eigenvalue weighted by atomic mass is 19.1. The van der Waals surface area contributed by atoms with Crippen LogP contribution in [-0.4, -0.2) is 47.3 Å². The Labute approximate surface area is 191 Å². The fourth-order valence-electron chi connectivity index (χ4n) is 4.59. The van der Waals surface area contributed by atoms with Crippen LogP contribution in [0.1, 0.15) is 51.9 Å². The molecule has 4 rings (SSSR count). The van der Waals surface area contributed by atoms with Crippen molar-refractivity contribution >= 4 is 17.5 Å². The summed E-state index contributed by atoms with van der Waals surface area (Å²) in [7, 11) is 0. The fraction of sp³-hybridized carbons (Fsp3) is 0.455. The van der Waals surface area contributed by atoms with E-state index >= 15 is 0 Å². The lowest BCUT2D eigenvalue weighted by Gasteiger charge is -2.46. The first kappa shape index (κ1) is 22.5. The van der Waals surface area contributed by atoms with Crippen LogP contribution in [0.15, 0.2) is 24.4 Å². The molecule has 11 heteroatoms. The molecule has 1 fully saturated rings. The van der Waals surface area contributed by atoms with E-state index < -0.39 is 5.82 Å². The highest BCUT2D eigenvalue weighted by Gasteiger charge is 2.38. The molecule has 1 aromatic carbocycles. The lowest BCUT2D eigenvalue weighted by molar-refractivity contribution is 0.170. The van der Waals surface area contributed by atoms with Gasteiger partial charge in [0.15, 0.2) is 5.82 Å². The third-order valence-electron chi connectivity index (χ3n) is 5.50. The van der Waals surface area contributed by atoms with Gasteiger partial charge in [-0.15, -0.1) is 5.10 Å².